The number of nitrogens with zero attached hydrogens (tertiary/aromatic N) is 2. The first-order valence-corrected chi connectivity index (χ1v) is 13.4. The molecule has 1 aliphatic heterocycles. The molecule has 2 aromatic carbocycles. The highest BCUT2D eigenvalue weighted by atomic mass is 35.5. The molecule has 38 heavy (non-hydrogen) atoms. The van der Waals surface area contributed by atoms with Gasteiger partial charge in [-0.1, -0.05) is 43.6 Å². The highest BCUT2D eigenvalue weighted by Crippen LogP contribution is 2.47. The number of carbonyl (C=O) groups is 3. The summed E-state index contributed by atoms with van der Waals surface area (Å²) in [5.41, 5.74) is 0.627. The molecule has 7 nitrogen and oxygen atoms in total. The van der Waals surface area contributed by atoms with Crippen molar-refractivity contribution in [1.82, 2.24) is 10.2 Å². The van der Waals surface area contributed by atoms with Crippen molar-refractivity contribution in [3.63, 3.8) is 0 Å². The third kappa shape index (κ3) is 5.46. The third-order valence-corrected chi connectivity index (χ3v) is 8.13. The quantitative estimate of drug-likeness (QED) is 0.453. The van der Waals surface area contributed by atoms with Crippen LogP contribution in [0.15, 0.2) is 47.5 Å². The molecule has 1 saturated carbocycles. The normalized spacial score (nSPS) is 22.1. The predicted molar refractivity (Wildman–Crippen MR) is 144 cm³/mol. The van der Waals surface area contributed by atoms with Crippen LogP contribution >= 0.6 is 11.6 Å². The van der Waals surface area contributed by atoms with Gasteiger partial charge in [-0.05, 0) is 74.3 Å². The lowest BCUT2D eigenvalue weighted by Crippen LogP contribution is -2.50. The van der Waals surface area contributed by atoms with Crippen molar-refractivity contribution < 1.29 is 23.9 Å². The van der Waals surface area contributed by atoms with Crippen LogP contribution < -0.4 is 5.32 Å². The molecule has 1 spiro atoms. The fraction of sp³-hybridized carbons (Fsp3) is 0.448. The number of carboxylic acids is 1. The van der Waals surface area contributed by atoms with Gasteiger partial charge in [-0.3, -0.25) is 19.4 Å². The van der Waals surface area contributed by atoms with Crippen LogP contribution in [0.2, 0.25) is 5.02 Å². The van der Waals surface area contributed by atoms with Crippen LogP contribution in [-0.2, 0) is 9.59 Å². The number of aliphatic carboxylic acids is 1. The van der Waals surface area contributed by atoms with Gasteiger partial charge in [0, 0.05) is 17.7 Å². The van der Waals surface area contributed by atoms with E-state index in [-0.39, 0.29) is 47.1 Å². The lowest BCUT2D eigenvalue weighted by molar-refractivity contribution is -0.137. The minimum absolute atomic E-state index is 0.0364. The van der Waals surface area contributed by atoms with Gasteiger partial charge >= 0.3 is 5.97 Å². The Morgan fingerprint density at radius 3 is 2.42 bits per heavy atom. The smallest absolute Gasteiger partial charge is 0.305 e. The second-order valence-electron chi connectivity index (χ2n) is 10.5. The molecule has 1 fully saturated rings. The van der Waals surface area contributed by atoms with Gasteiger partial charge in [0.15, 0.2) is 5.82 Å². The topological polar surface area (TPSA) is 99.1 Å². The molecule has 0 radical (unpaired) electrons. The van der Waals surface area contributed by atoms with Crippen molar-refractivity contribution in [2.75, 3.05) is 6.54 Å². The van der Waals surface area contributed by atoms with Crippen LogP contribution in [0.25, 0.3) is 0 Å². The number of amides is 2. The van der Waals surface area contributed by atoms with Crippen LogP contribution in [0.5, 0.6) is 0 Å². The van der Waals surface area contributed by atoms with Crippen molar-refractivity contribution >= 4 is 35.1 Å². The average Bonchev–Trinajstić information content (AvgIpc) is 3.16. The van der Waals surface area contributed by atoms with Crippen molar-refractivity contribution in [3.05, 3.63) is 70.0 Å². The van der Waals surface area contributed by atoms with Gasteiger partial charge in [0.2, 0.25) is 0 Å². The minimum Gasteiger partial charge on any atom is -0.481 e. The molecule has 1 aliphatic carbocycles. The molecule has 0 unspecified atom stereocenters. The Hall–Kier alpha value is -3.26. The number of hydrogen-bond donors (Lipinski definition) is 2. The first-order valence-electron chi connectivity index (χ1n) is 13.0. The number of benzene rings is 2. The number of carboxylic acid groups (broad SMARTS) is 1. The maximum atomic E-state index is 15.0. The molecule has 2 aliphatic rings. The van der Waals surface area contributed by atoms with E-state index in [2.05, 4.69) is 19.2 Å². The molecule has 4 rings (SSSR count). The van der Waals surface area contributed by atoms with Crippen LogP contribution in [-0.4, -0.2) is 45.7 Å². The third-order valence-electron chi connectivity index (χ3n) is 7.84. The van der Waals surface area contributed by atoms with Crippen molar-refractivity contribution in [1.29, 1.82) is 0 Å². The molecule has 2 aromatic rings. The molecular formula is C29H33ClFN3O4. The van der Waals surface area contributed by atoms with E-state index in [4.69, 9.17) is 21.7 Å². The molecule has 9 heteroatoms. The Morgan fingerprint density at radius 2 is 1.82 bits per heavy atom. The van der Waals surface area contributed by atoms with Crippen LogP contribution in [0.3, 0.4) is 0 Å². The molecule has 0 saturated heterocycles. The summed E-state index contributed by atoms with van der Waals surface area (Å²) in [5, 5.41) is 11.3. The van der Waals surface area contributed by atoms with Gasteiger partial charge in [-0.15, -0.1) is 0 Å². The molecule has 0 bridgehead atoms. The summed E-state index contributed by atoms with van der Waals surface area (Å²) >= 11 is 6.04. The van der Waals surface area contributed by atoms with E-state index >= 15 is 4.39 Å². The Kier molecular flexibility index (Phi) is 8.21. The molecule has 202 valence electrons. The maximum absolute atomic E-state index is 15.0. The van der Waals surface area contributed by atoms with E-state index in [1.165, 1.54) is 12.1 Å². The summed E-state index contributed by atoms with van der Waals surface area (Å²) in [7, 11) is 0. The summed E-state index contributed by atoms with van der Waals surface area (Å²) in [6, 6.07) is 11.1. The highest BCUT2D eigenvalue weighted by molar-refractivity contribution is 6.47. The molecule has 1 atom stereocenters. The molecule has 2 N–H and O–H groups in total. The van der Waals surface area contributed by atoms with Gasteiger partial charge in [0.1, 0.15) is 11.4 Å². The summed E-state index contributed by atoms with van der Waals surface area (Å²) in [6.45, 7) is 6.37. The lowest BCUT2D eigenvalue weighted by Gasteiger charge is -2.45. The number of halogens is 2. The fourth-order valence-electron chi connectivity index (χ4n) is 5.58. The summed E-state index contributed by atoms with van der Waals surface area (Å²) in [4.78, 5) is 43.7. The number of rotatable bonds is 8. The highest BCUT2D eigenvalue weighted by Gasteiger charge is 2.51. The second-order valence-corrected chi connectivity index (χ2v) is 10.9. The van der Waals surface area contributed by atoms with Crippen molar-refractivity contribution in [2.45, 2.75) is 64.6 Å². The van der Waals surface area contributed by atoms with E-state index in [1.54, 1.807) is 35.2 Å². The predicted octanol–water partition coefficient (Wildman–Crippen LogP) is 5.62. The zero-order valence-corrected chi connectivity index (χ0v) is 22.6. The van der Waals surface area contributed by atoms with Gasteiger partial charge in [-0.2, -0.15) is 0 Å². The van der Waals surface area contributed by atoms with E-state index in [0.717, 1.165) is 18.4 Å². The number of carbonyl (C=O) groups excluding carboxylic acids is 2. The lowest BCUT2D eigenvalue weighted by atomic mass is 9.76. The van der Waals surface area contributed by atoms with E-state index in [9.17, 15) is 14.4 Å². The Bertz CT molecular complexity index is 1250. The molecule has 0 aromatic heterocycles. The van der Waals surface area contributed by atoms with E-state index in [0.29, 0.717) is 30.2 Å². The zero-order valence-electron chi connectivity index (χ0n) is 21.8. The van der Waals surface area contributed by atoms with Crippen molar-refractivity contribution in [3.8, 4) is 0 Å². The Morgan fingerprint density at radius 1 is 1.16 bits per heavy atom. The SMILES string of the molecule is CC(C)C1CCC2(CC1)N=C(c1cccc(Cl)c1F)C(=O)N2[C@H](C)c1ccc(C(=O)NCCC(=O)O)cc1. The monoisotopic (exact) mass is 541 g/mol. The second kappa shape index (κ2) is 11.2. The fourth-order valence-corrected chi connectivity index (χ4v) is 5.75. The minimum atomic E-state index is -0.986. The van der Waals surface area contributed by atoms with Gasteiger partial charge in [0.05, 0.1) is 17.5 Å². The summed E-state index contributed by atoms with van der Waals surface area (Å²) in [5.74, 6) is -1.28. The van der Waals surface area contributed by atoms with Crippen LogP contribution in [0.4, 0.5) is 4.39 Å². The van der Waals surface area contributed by atoms with Gasteiger partial charge < -0.3 is 15.3 Å². The van der Waals surface area contributed by atoms with Crippen LogP contribution in [0, 0.1) is 17.7 Å². The Labute approximate surface area is 227 Å². The summed E-state index contributed by atoms with van der Waals surface area (Å²) < 4.78 is 15.0. The average molecular weight is 542 g/mol. The van der Waals surface area contributed by atoms with Gasteiger partial charge in [0.25, 0.3) is 11.8 Å². The van der Waals surface area contributed by atoms with E-state index in [1.807, 2.05) is 6.92 Å². The van der Waals surface area contributed by atoms with Gasteiger partial charge in [-0.25, -0.2) is 4.39 Å². The van der Waals surface area contributed by atoms with E-state index < -0.39 is 17.4 Å². The maximum Gasteiger partial charge on any atom is 0.305 e. The number of aliphatic imine (C=N–C) groups is 1. The molecule has 2 amide bonds. The summed E-state index contributed by atoms with van der Waals surface area (Å²) in [6.07, 6.45) is 3.04. The molecule has 1 heterocycles. The zero-order chi connectivity index (χ0) is 27.6. The first-order chi connectivity index (χ1) is 18.0. The van der Waals surface area contributed by atoms with Crippen molar-refractivity contribution in [2.24, 2.45) is 16.8 Å². The standard InChI is InChI=1S/C29H33ClFN3O4/c1-17(2)19-11-14-29(15-12-19)33-26(22-5-4-6-23(30)25(22)31)28(38)34(29)18(3)20-7-9-21(10-8-20)27(37)32-16-13-24(35)36/h4-10,17-19H,11-16H2,1-3H3,(H,32,37)(H,35,36)/t18-,19?,29?/m1/s1. The molecular weight excluding hydrogens is 509 g/mol. The largest absolute Gasteiger partial charge is 0.481 e. The van der Waals surface area contributed by atoms with Crippen LogP contribution in [0.1, 0.15) is 80.4 Å². The Balaban J connectivity index is 1.63. The number of nitrogens with one attached hydrogen (secondary N) is 1. The number of hydrogen-bond acceptors (Lipinski definition) is 4. The first kappa shape index (κ1) is 27.8.